The van der Waals surface area contributed by atoms with E-state index in [1.165, 1.54) is 12.1 Å². The molecule has 8 heteroatoms. The van der Waals surface area contributed by atoms with E-state index in [9.17, 15) is 4.39 Å². The number of aromatic nitrogens is 2. The second kappa shape index (κ2) is 10.9. The molecule has 0 spiro atoms. The quantitative estimate of drug-likeness (QED) is 0.392. The number of H-pyrrole nitrogens is 1. The number of benzene rings is 2. The van der Waals surface area contributed by atoms with Crippen LogP contribution in [0.4, 0.5) is 4.39 Å². The van der Waals surface area contributed by atoms with Crippen molar-refractivity contribution in [2.75, 3.05) is 39.9 Å². The minimum absolute atomic E-state index is 0.0892. The van der Waals surface area contributed by atoms with Gasteiger partial charge in [-0.2, -0.15) is 0 Å². The molecule has 1 aliphatic rings. The van der Waals surface area contributed by atoms with Gasteiger partial charge in [0.15, 0.2) is 5.96 Å². The van der Waals surface area contributed by atoms with Crippen molar-refractivity contribution in [3.63, 3.8) is 0 Å². The van der Waals surface area contributed by atoms with E-state index in [1.807, 2.05) is 48.7 Å². The van der Waals surface area contributed by atoms with Gasteiger partial charge in [-0.3, -0.25) is 9.89 Å². The number of aromatic amines is 1. The van der Waals surface area contributed by atoms with Gasteiger partial charge in [0.1, 0.15) is 11.6 Å². The summed E-state index contributed by atoms with van der Waals surface area (Å²) in [7, 11) is 1.74. The molecular formula is C24H29FN6O. The molecule has 1 unspecified atom stereocenters. The zero-order valence-electron chi connectivity index (χ0n) is 18.2. The number of nitrogens with one attached hydrogen (secondary N) is 3. The molecule has 0 aliphatic carbocycles. The zero-order chi connectivity index (χ0) is 22.2. The second-order valence-electron chi connectivity index (χ2n) is 7.63. The smallest absolute Gasteiger partial charge is 0.191 e. The van der Waals surface area contributed by atoms with Crippen molar-refractivity contribution < 1.29 is 9.13 Å². The molecule has 0 saturated carbocycles. The Morgan fingerprint density at radius 2 is 1.88 bits per heavy atom. The fourth-order valence-corrected chi connectivity index (χ4v) is 3.83. The van der Waals surface area contributed by atoms with Crippen LogP contribution in [0.1, 0.15) is 17.4 Å². The molecule has 0 bridgehead atoms. The summed E-state index contributed by atoms with van der Waals surface area (Å²) in [5, 5.41) is 6.72. The molecule has 1 fully saturated rings. The van der Waals surface area contributed by atoms with Gasteiger partial charge < -0.3 is 20.4 Å². The maximum Gasteiger partial charge on any atom is 0.191 e. The van der Waals surface area contributed by atoms with Gasteiger partial charge in [-0.15, -0.1) is 0 Å². The van der Waals surface area contributed by atoms with Gasteiger partial charge in [-0.05, 0) is 23.3 Å². The van der Waals surface area contributed by atoms with Crippen LogP contribution in [-0.2, 0) is 11.3 Å². The van der Waals surface area contributed by atoms with Gasteiger partial charge in [-0.25, -0.2) is 9.37 Å². The van der Waals surface area contributed by atoms with Gasteiger partial charge in [0.25, 0.3) is 0 Å². The Hall–Kier alpha value is -3.23. The Kier molecular flexibility index (Phi) is 7.47. The molecule has 1 aromatic heterocycles. The van der Waals surface area contributed by atoms with Crippen LogP contribution in [0.15, 0.2) is 65.8 Å². The van der Waals surface area contributed by atoms with Gasteiger partial charge in [0, 0.05) is 26.7 Å². The molecule has 2 heterocycles. The van der Waals surface area contributed by atoms with E-state index in [2.05, 4.69) is 30.5 Å². The Morgan fingerprint density at radius 3 is 2.59 bits per heavy atom. The van der Waals surface area contributed by atoms with Gasteiger partial charge >= 0.3 is 0 Å². The predicted octanol–water partition coefficient (Wildman–Crippen LogP) is 2.95. The summed E-state index contributed by atoms with van der Waals surface area (Å²) in [4.78, 5) is 14.5. The van der Waals surface area contributed by atoms with Crippen molar-refractivity contribution in [1.82, 2.24) is 25.5 Å². The Bertz CT molecular complexity index is 999. The molecule has 0 radical (unpaired) electrons. The number of guanidine groups is 1. The van der Waals surface area contributed by atoms with E-state index in [0.29, 0.717) is 32.3 Å². The minimum atomic E-state index is -0.228. The van der Waals surface area contributed by atoms with E-state index in [0.717, 1.165) is 35.7 Å². The third-order valence-electron chi connectivity index (χ3n) is 5.56. The van der Waals surface area contributed by atoms with Crippen LogP contribution in [0.2, 0.25) is 0 Å². The third-order valence-corrected chi connectivity index (χ3v) is 5.56. The highest BCUT2D eigenvalue weighted by molar-refractivity contribution is 5.79. The zero-order valence-corrected chi connectivity index (χ0v) is 18.2. The maximum absolute atomic E-state index is 13.4. The Labute approximate surface area is 187 Å². The molecule has 3 N–H and O–H groups in total. The van der Waals surface area contributed by atoms with Crippen LogP contribution in [0.25, 0.3) is 11.3 Å². The summed E-state index contributed by atoms with van der Waals surface area (Å²) < 4.78 is 18.9. The summed E-state index contributed by atoms with van der Waals surface area (Å²) in [6.45, 7) is 4.23. The number of nitrogens with zero attached hydrogens (tertiary/aromatic N) is 3. The summed E-state index contributed by atoms with van der Waals surface area (Å²) >= 11 is 0. The minimum Gasteiger partial charge on any atom is -0.379 e. The number of imidazole rings is 1. The van der Waals surface area contributed by atoms with Crippen molar-refractivity contribution in [3.05, 3.63) is 78.0 Å². The van der Waals surface area contributed by atoms with E-state index < -0.39 is 0 Å². The first-order valence-electron chi connectivity index (χ1n) is 10.8. The van der Waals surface area contributed by atoms with Crippen LogP contribution in [-0.4, -0.2) is 60.7 Å². The number of rotatable bonds is 7. The molecule has 2 aromatic carbocycles. The SMILES string of the molecule is CN=C(NCc1ncc(-c2ccccc2)[nH]1)NCC(c1ccc(F)cc1)N1CCOCC1. The highest BCUT2D eigenvalue weighted by Gasteiger charge is 2.23. The fraction of sp³-hybridized carbons (Fsp3) is 0.333. The van der Waals surface area contributed by atoms with Crippen molar-refractivity contribution in [2.24, 2.45) is 4.99 Å². The standard InChI is InChI=1S/C24H29FN6O/c1-26-24(29-17-23-27-15-21(30-23)18-5-3-2-4-6-18)28-16-22(31-11-13-32-14-12-31)19-7-9-20(25)10-8-19/h2-10,15,22H,11-14,16-17H2,1H3,(H,27,30)(H2,26,28,29). The highest BCUT2D eigenvalue weighted by Crippen LogP contribution is 2.22. The lowest BCUT2D eigenvalue weighted by molar-refractivity contribution is 0.0170. The Balaban J connectivity index is 1.36. The van der Waals surface area contributed by atoms with Crippen LogP contribution in [0.5, 0.6) is 0 Å². The largest absolute Gasteiger partial charge is 0.379 e. The number of hydrogen-bond acceptors (Lipinski definition) is 4. The Morgan fingerprint density at radius 1 is 1.12 bits per heavy atom. The number of morpholine rings is 1. The molecule has 1 aliphatic heterocycles. The van der Waals surface area contributed by atoms with Gasteiger partial charge in [0.05, 0.1) is 37.7 Å². The highest BCUT2D eigenvalue weighted by atomic mass is 19.1. The van der Waals surface area contributed by atoms with E-state index >= 15 is 0 Å². The normalized spacial score (nSPS) is 16.0. The van der Waals surface area contributed by atoms with Gasteiger partial charge in [-0.1, -0.05) is 42.5 Å². The van der Waals surface area contributed by atoms with Crippen LogP contribution in [0, 0.1) is 5.82 Å². The van der Waals surface area contributed by atoms with Crippen LogP contribution < -0.4 is 10.6 Å². The van der Waals surface area contributed by atoms with Gasteiger partial charge in [0.2, 0.25) is 0 Å². The second-order valence-corrected chi connectivity index (χ2v) is 7.63. The molecule has 168 valence electrons. The van der Waals surface area contributed by atoms with Crippen molar-refractivity contribution in [2.45, 2.75) is 12.6 Å². The number of halogens is 1. The summed E-state index contributed by atoms with van der Waals surface area (Å²) in [6.07, 6.45) is 1.84. The number of aliphatic imine (C=N–C) groups is 1. The molecule has 32 heavy (non-hydrogen) atoms. The molecule has 3 aromatic rings. The average molecular weight is 437 g/mol. The fourth-order valence-electron chi connectivity index (χ4n) is 3.83. The van der Waals surface area contributed by atoms with E-state index in [1.54, 1.807) is 7.05 Å². The first-order valence-corrected chi connectivity index (χ1v) is 10.8. The number of ether oxygens (including phenoxy) is 1. The molecule has 7 nitrogen and oxygen atoms in total. The first kappa shape index (κ1) is 22.0. The lowest BCUT2D eigenvalue weighted by atomic mass is 10.0. The molecular weight excluding hydrogens is 407 g/mol. The molecule has 4 rings (SSSR count). The monoisotopic (exact) mass is 436 g/mol. The topological polar surface area (TPSA) is 77.6 Å². The third kappa shape index (κ3) is 5.72. The van der Waals surface area contributed by atoms with Crippen LogP contribution >= 0.6 is 0 Å². The summed E-state index contributed by atoms with van der Waals surface area (Å²) in [5.74, 6) is 1.28. The first-order chi connectivity index (χ1) is 15.7. The molecule has 1 atom stereocenters. The number of hydrogen-bond donors (Lipinski definition) is 3. The van der Waals surface area contributed by atoms with Crippen LogP contribution in [0.3, 0.4) is 0 Å². The summed E-state index contributed by atoms with van der Waals surface area (Å²) in [5.41, 5.74) is 3.14. The molecule has 0 amide bonds. The maximum atomic E-state index is 13.4. The average Bonchev–Trinajstić information content (AvgIpc) is 3.32. The van der Waals surface area contributed by atoms with E-state index in [-0.39, 0.29) is 11.9 Å². The molecule has 1 saturated heterocycles. The summed E-state index contributed by atoms with van der Waals surface area (Å²) in [6, 6.07) is 16.9. The van der Waals surface area contributed by atoms with Crippen molar-refractivity contribution in [3.8, 4) is 11.3 Å². The van der Waals surface area contributed by atoms with E-state index in [4.69, 9.17) is 4.74 Å². The van der Waals surface area contributed by atoms with Crippen molar-refractivity contribution in [1.29, 1.82) is 0 Å². The van der Waals surface area contributed by atoms with Crippen molar-refractivity contribution >= 4 is 5.96 Å². The predicted molar refractivity (Wildman–Crippen MR) is 124 cm³/mol. The lowest BCUT2D eigenvalue weighted by Gasteiger charge is -2.35. The lowest BCUT2D eigenvalue weighted by Crippen LogP contribution is -2.46.